The summed E-state index contributed by atoms with van der Waals surface area (Å²) in [7, 11) is 1.59. The van der Waals surface area contributed by atoms with Gasteiger partial charge in [-0.2, -0.15) is 0 Å². The Morgan fingerprint density at radius 1 is 1.16 bits per heavy atom. The minimum atomic E-state index is 0.224. The van der Waals surface area contributed by atoms with E-state index in [1.165, 1.54) is 0 Å². The molecule has 0 atom stereocenters. The first-order valence-corrected chi connectivity index (χ1v) is 6.00. The van der Waals surface area contributed by atoms with Gasteiger partial charge in [-0.05, 0) is 29.0 Å². The molecule has 19 heavy (non-hydrogen) atoms. The summed E-state index contributed by atoms with van der Waals surface area (Å²) < 4.78 is 10.5. The molecule has 0 aliphatic heterocycles. The molecular weight excluding hydrogens is 242 g/mol. The van der Waals surface area contributed by atoms with Crippen molar-refractivity contribution in [3.05, 3.63) is 52.4 Å². The number of nitrogens with zero attached hydrogens (tertiary/aromatic N) is 3. The molecule has 2 aromatic carbocycles. The molecule has 0 spiro atoms. The van der Waals surface area contributed by atoms with Crippen molar-refractivity contribution < 1.29 is 9.47 Å². The van der Waals surface area contributed by atoms with Crippen LogP contribution in [0.15, 0.2) is 41.5 Å². The van der Waals surface area contributed by atoms with E-state index < -0.39 is 0 Å². The first kappa shape index (κ1) is 13.2. The van der Waals surface area contributed by atoms with Gasteiger partial charge in [-0.1, -0.05) is 35.4 Å². The number of hydrogen-bond acceptors (Lipinski definition) is 3. The third-order valence-corrected chi connectivity index (χ3v) is 2.85. The van der Waals surface area contributed by atoms with Crippen molar-refractivity contribution in [2.75, 3.05) is 20.4 Å². The van der Waals surface area contributed by atoms with Crippen LogP contribution >= 0.6 is 0 Å². The predicted molar refractivity (Wildman–Crippen MR) is 74.2 cm³/mol. The minimum absolute atomic E-state index is 0.224. The van der Waals surface area contributed by atoms with E-state index in [-0.39, 0.29) is 6.79 Å². The molecule has 0 amide bonds. The van der Waals surface area contributed by atoms with Crippen LogP contribution in [0.2, 0.25) is 0 Å². The van der Waals surface area contributed by atoms with E-state index in [9.17, 15) is 0 Å². The Morgan fingerprint density at radius 2 is 1.95 bits per heavy atom. The summed E-state index contributed by atoms with van der Waals surface area (Å²) in [6.07, 6.45) is 0.717. The van der Waals surface area contributed by atoms with Crippen LogP contribution in [-0.4, -0.2) is 20.4 Å². The van der Waals surface area contributed by atoms with Crippen LogP contribution < -0.4 is 4.74 Å². The van der Waals surface area contributed by atoms with Crippen LogP contribution in [-0.2, 0) is 11.2 Å². The Morgan fingerprint density at radius 3 is 2.74 bits per heavy atom. The number of ether oxygens (including phenoxy) is 2. The van der Waals surface area contributed by atoms with Crippen molar-refractivity contribution in [2.45, 2.75) is 6.42 Å². The maximum absolute atomic E-state index is 8.32. The van der Waals surface area contributed by atoms with Gasteiger partial charge in [-0.15, -0.1) is 0 Å². The van der Waals surface area contributed by atoms with E-state index in [2.05, 4.69) is 10.0 Å². The highest BCUT2D eigenvalue weighted by Crippen LogP contribution is 2.28. The highest BCUT2D eigenvalue weighted by atomic mass is 16.7. The molecule has 0 radical (unpaired) electrons. The highest BCUT2D eigenvalue weighted by molar-refractivity contribution is 5.91. The Balaban J connectivity index is 2.36. The van der Waals surface area contributed by atoms with Crippen molar-refractivity contribution in [1.29, 1.82) is 0 Å². The van der Waals surface area contributed by atoms with Crippen molar-refractivity contribution in [2.24, 2.45) is 5.11 Å². The lowest BCUT2D eigenvalue weighted by Gasteiger charge is -2.10. The second-order valence-electron chi connectivity index (χ2n) is 4.02. The Kier molecular flexibility index (Phi) is 4.61. The standard InChI is InChI=1S/C14H15N3O2/c1-18-10-19-14-7-3-5-12-11(8-9-16-17-15)4-2-6-13(12)14/h2-7H,8-10H2,1H3. The largest absolute Gasteiger partial charge is 0.467 e. The lowest BCUT2D eigenvalue weighted by Crippen LogP contribution is -1.99. The molecule has 2 aromatic rings. The number of fused-ring (bicyclic) bond motifs is 1. The number of methoxy groups -OCH3 is 1. The summed E-state index contributed by atoms with van der Waals surface area (Å²) in [5, 5.41) is 5.73. The third kappa shape index (κ3) is 3.16. The highest BCUT2D eigenvalue weighted by Gasteiger charge is 2.05. The van der Waals surface area contributed by atoms with Crippen molar-refractivity contribution in [3.8, 4) is 5.75 Å². The quantitative estimate of drug-likeness (QED) is 0.343. The molecule has 0 N–H and O–H groups in total. The van der Waals surface area contributed by atoms with E-state index in [1.54, 1.807) is 7.11 Å². The summed E-state index contributed by atoms with van der Waals surface area (Å²) in [5.74, 6) is 0.796. The van der Waals surface area contributed by atoms with E-state index in [0.29, 0.717) is 6.54 Å². The maximum atomic E-state index is 8.32. The van der Waals surface area contributed by atoms with Gasteiger partial charge in [0.2, 0.25) is 0 Å². The third-order valence-electron chi connectivity index (χ3n) is 2.85. The Hall–Kier alpha value is -2.23. The summed E-state index contributed by atoms with van der Waals surface area (Å²) in [6, 6.07) is 11.9. The molecule has 0 bridgehead atoms. The molecule has 0 heterocycles. The summed E-state index contributed by atoms with van der Waals surface area (Å²) in [4.78, 5) is 2.77. The average Bonchev–Trinajstić information content (AvgIpc) is 2.45. The second-order valence-corrected chi connectivity index (χ2v) is 4.02. The number of rotatable bonds is 6. The fourth-order valence-electron chi connectivity index (χ4n) is 2.03. The van der Waals surface area contributed by atoms with Gasteiger partial charge in [0.05, 0.1) is 0 Å². The molecule has 0 saturated carbocycles. The fraction of sp³-hybridized carbons (Fsp3) is 0.286. The second kappa shape index (κ2) is 6.64. The molecule has 98 valence electrons. The molecule has 0 unspecified atom stereocenters. The molecule has 5 heteroatoms. The first-order chi connectivity index (χ1) is 9.36. The molecular formula is C14H15N3O2. The van der Waals surface area contributed by atoms with Crippen LogP contribution in [0.4, 0.5) is 0 Å². The van der Waals surface area contributed by atoms with Gasteiger partial charge >= 0.3 is 0 Å². The molecule has 5 nitrogen and oxygen atoms in total. The van der Waals surface area contributed by atoms with Gasteiger partial charge in [-0.25, -0.2) is 0 Å². The molecule has 0 aliphatic carbocycles. The summed E-state index contributed by atoms with van der Waals surface area (Å²) >= 11 is 0. The number of hydrogen-bond donors (Lipinski definition) is 0. The van der Waals surface area contributed by atoms with E-state index in [4.69, 9.17) is 15.0 Å². The van der Waals surface area contributed by atoms with Crippen molar-refractivity contribution in [3.63, 3.8) is 0 Å². The van der Waals surface area contributed by atoms with E-state index >= 15 is 0 Å². The first-order valence-electron chi connectivity index (χ1n) is 6.00. The van der Waals surface area contributed by atoms with Gasteiger partial charge in [-0.3, -0.25) is 0 Å². The van der Waals surface area contributed by atoms with Gasteiger partial charge < -0.3 is 9.47 Å². The zero-order valence-corrected chi connectivity index (χ0v) is 10.7. The van der Waals surface area contributed by atoms with Crippen LogP contribution in [0.5, 0.6) is 5.75 Å². The monoisotopic (exact) mass is 257 g/mol. The Labute approximate surface area is 111 Å². The maximum Gasteiger partial charge on any atom is 0.188 e. The summed E-state index contributed by atoms with van der Waals surface area (Å²) in [6.45, 7) is 0.681. The van der Waals surface area contributed by atoms with Crippen LogP contribution in [0.3, 0.4) is 0 Å². The number of benzene rings is 2. The van der Waals surface area contributed by atoms with Crippen LogP contribution in [0.25, 0.3) is 21.2 Å². The fourth-order valence-corrected chi connectivity index (χ4v) is 2.03. The van der Waals surface area contributed by atoms with Crippen LogP contribution in [0, 0.1) is 0 Å². The molecule has 0 saturated heterocycles. The average molecular weight is 257 g/mol. The lowest BCUT2D eigenvalue weighted by atomic mass is 10.0. The zero-order chi connectivity index (χ0) is 13.5. The van der Waals surface area contributed by atoms with Crippen LogP contribution in [0.1, 0.15) is 5.56 Å². The van der Waals surface area contributed by atoms with Gasteiger partial charge in [0.25, 0.3) is 0 Å². The molecule has 2 rings (SSSR count). The lowest BCUT2D eigenvalue weighted by molar-refractivity contribution is 0.0522. The van der Waals surface area contributed by atoms with Crippen molar-refractivity contribution in [1.82, 2.24) is 0 Å². The SMILES string of the molecule is COCOc1cccc2c(CCN=[N+]=[N-])cccc12. The van der Waals surface area contributed by atoms with E-state index in [1.807, 2.05) is 36.4 Å². The Bertz CT molecular complexity index is 607. The van der Waals surface area contributed by atoms with E-state index in [0.717, 1.165) is 28.5 Å². The predicted octanol–water partition coefficient (Wildman–Crippen LogP) is 3.68. The molecule has 0 fully saturated rings. The molecule has 0 aliphatic rings. The smallest absolute Gasteiger partial charge is 0.188 e. The number of azide groups is 1. The zero-order valence-electron chi connectivity index (χ0n) is 10.7. The van der Waals surface area contributed by atoms with Gasteiger partial charge in [0, 0.05) is 24.0 Å². The van der Waals surface area contributed by atoms with Gasteiger partial charge in [0.1, 0.15) is 5.75 Å². The topological polar surface area (TPSA) is 67.2 Å². The van der Waals surface area contributed by atoms with Crippen molar-refractivity contribution >= 4 is 10.8 Å². The normalized spacial score (nSPS) is 10.2. The minimum Gasteiger partial charge on any atom is -0.467 e. The summed E-state index contributed by atoms with van der Waals surface area (Å²) in [5.41, 5.74) is 9.47. The molecule has 0 aromatic heterocycles. The van der Waals surface area contributed by atoms with Gasteiger partial charge in [0.15, 0.2) is 6.79 Å².